The predicted molar refractivity (Wildman–Crippen MR) is 132 cm³/mol. The van der Waals surface area contributed by atoms with Crippen molar-refractivity contribution in [2.45, 2.75) is 72.4 Å². The molecule has 1 rings (SSSR count). The molecule has 172 valence electrons. The molecule has 1 unspecified atom stereocenters. The second-order valence-corrected chi connectivity index (χ2v) is 9.98. The Kier molecular flexibility index (Phi) is 12.5. The van der Waals surface area contributed by atoms with Crippen LogP contribution in [0.1, 0.15) is 61.3 Å². The van der Waals surface area contributed by atoms with Gasteiger partial charge in [0.1, 0.15) is 5.60 Å². The molecule has 0 aliphatic carbocycles. The number of guanidine groups is 1. The van der Waals surface area contributed by atoms with E-state index in [0.717, 1.165) is 19.0 Å². The third kappa shape index (κ3) is 13.2. The summed E-state index contributed by atoms with van der Waals surface area (Å²) >= 11 is 0. The van der Waals surface area contributed by atoms with Crippen LogP contribution in [0.15, 0.2) is 4.99 Å². The Bertz CT molecular complexity index is 518. The van der Waals surface area contributed by atoms with Crippen LogP contribution in [0.4, 0.5) is 4.79 Å². The van der Waals surface area contributed by atoms with Crippen molar-refractivity contribution in [2.75, 3.05) is 39.8 Å². The summed E-state index contributed by atoms with van der Waals surface area (Å²) in [4.78, 5) is 18.9. The van der Waals surface area contributed by atoms with E-state index in [0.29, 0.717) is 18.4 Å². The van der Waals surface area contributed by atoms with Crippen molar-refractivity contribution in [2.24, 2.45) is 16.8 Å². The zero-order chi connectivity index (χ0) is 21.4. The minimum Gasteiger partial charge on any atom is -0.444 e. The molecule has 1 fully saturated rings. The number of amides is 1. The van der Waals surface area contributed by atoms with Gasteiger partial charge >= 0.3 is 6.09 Å². The van der Waals surface area contributed by atoms with Crippen LogP contribution in [-0.4, -0.2) is 67.9 Å². The number of nitrogens with one attached hydrogen (secondary N) is 3. The molecule has 0 aromatic rings. The van der Waals surface area contributed by atoms with Crippen LogP contribution in [0.2, 0.25) is 0 Å². The van der Waals surface area contributed by atoms with Crippen molar-refractivity contribution < 1.29 is 9.53 Å². The molecule has 1 saturated heterocycles. The molecule has 0 spiro atoms. The van der Waals surface area contributed by atoms with Crippen molar-refractivity contribution >= 4 is 36.0 Å². The summed E-state index contributed by atoms with van der Waals surface area (Å²) in [6.07, 6.45) is 2.11. The van der Waals surface area contributed by atoms with Crippen molar-refractivity contribution in [1.82, 2.24) is 20.9 Å². The summed E-state index contributed by atoms with van der Waals surface area (Å²) in [5.41, 5.74) is -0.965. The summed E-state index contributed by atoms with van der Waals surface area (Å²) in [5.74, 6) is 2.11. The Morgan fingerprint density at radius 2 is 1.86 bits per heavy atom. The number of aliphatic imine (C=N–C) groups is 1. The van der Waals surface area contributed by atoms with Crippen molar-refractivity contribution in [3.05, 3.63) is 0 Å². The lowest BCUT2D eigenvalue weighted by atomic mass is 9.97. The van der Waals surface area contributed by atoms with Gasteiger partial charge in [0.05, 0.1) is 5.54 Å². The maximum absolute atomic E-state index is 12.0. The van der Waals surface area contributed by atoms with Crippen LogP contribution >= 0.6 is 24.0 Å². The van der Waals surface area contributed by atoms with E-state index in [9.17, 15) is 4.79 Å². The first kappa shape index (κ1) is 28.2. The molecule has 8 heteroatoms. The molecular weight excluding hydrogens is 481 g/mol. The molecule has 1 aliphatic rings. The summed E-state index contributed by atoms with van der Waals surface area (Å²) in [6, 6.07) is 0. The van der Waals surface area contributed by atoms with Crippen molar-refractivity contribution in [1.29, 1.82) is 0 Å². The number of nitrogens with zero attached hydrogens (tertiary/aromatic N) is 2. The van der Waals surface area contributed by atoms with E-state index in [4.69, 9.17) is 4.74 Å². The van der Waals surface area contributed by atoms with E-state index in [2.05, 4.69) is 39.7 Å². The summed E-state index contributed by atoms with van der Waals surface area (Å²) in [5, 5.41) is 9.67. The lowest BCUT2D eigenvalue weighted by Crippen LogP contribution is -2.54. The van der Waals surface area contributed by atoms with Gasteiger partial charge in [0.2, 0.25) is 0 Å². The third-order valence-corrected chi connectivity index (χ3v) is 4.55. The van der Waals surface area contributed by atoms with E-state index >= 15 is 0 Å². The Morgan fingerprint density at radius 1 is 1.21 bits per heavy atom. The van der Waals surface area contributed by atoms with E-state index < -0.39 is 17.2 Å². The van der Waals surface area contributed by atoms with Crippen LogP contribution in [0.25, 0.3) is 0 Å². The number of likely N-dealkylation sites (tertiary alicyclic amines) is 1. The smallest absolute Gasteiger partial charge is 0.408 e. The molecule has 0 bridgehead atoms. The number of alkyl carbamates (subject to hydrolysis) is 1. The largest absolute Gasteiger partial charge is 0.444 e. The van der Waals surface area contributed by atoms with E-state index in [1.807, 2.05) is 34.6 Å². The highest BCUT2D eigenvalue weighted by Crippen LogP contribution is 2.16. The second kappa shape index (κ2) is 12.8. The number of rotatable bonds is 7. The fraction of sp³-hybridized carbons (Fsp3) is 0.905. The van der Waals surface area contributed by atoms with Gasteiger partial charge in [-0.3, -0.25) is 4.99 Å². The van der Waals surface area contributed by atoms with Crippen molar-refractivity contribution in [3.63, 3.8) is 0 Å². The molecule has 0 aromatic carbocycles. The number of piperidine rings is 1. The van der Waals surface area contributed by atoms with Gasteiger partial charge in [-0.25, -0.2) is 4.79 Å². The molecule has 1 aliphatic heterocycles. The molecule has 1 amide bonds. The fourth-order valence-corrected chi connectivity index (χ4v) is 3.39. The second-order valence-electron chi connectivity index (χ2n) is 9.98. The maximum Gasteiger partial charge on any atom is 0.408 e. The monoisotopic (exact) mass is 525 g/mol. The van der Waals surface area contributed by atoms with Gasteiger partial charge in [-0.05, 0) is 65.8 Å². The van der Waals surface area contributed by atoms with Gasteiger partial charge in [0, 0.05) is 33.2 Å². The molecule has 1 atom stereocenters. The number of halogens is 1. The molecule has 0 saturated carbocycles. The highest BCUT2D eigenvalue weighted by molar-refractivity contribution is 14.0. The molecular formula is C21H44IN5O2. The van der Waals surface area contributed by atoms with Crippen LogP contribution in [0.5, 0.6) is 0 Å². The van der Waals surface area contributed by atoms with E-state index in [1.54, 1.807) is 7.05 Å². The zero-order valence-electron chi connectivity index (χ0n) is 19.7. The SMILES string of the molecule is CN=C(NCC1CCCN(CC(C)C)C1)NCC(C)(C)NC(=O)OC(C)(C)C.I. The first-order valence-electron chi connectivity index (χ1n) is 10.6. The number of carbonyl (C=O) groups is 1. The molecule has 7 nitrogen and oxygen atoms in total. The van der Waals surface area contributed by atoms with Gasteiger partial charge in [-0.15, -0.1) is 24.0 Å². The Morgan fingerprint density at radius 3 is 2.41 bits per heavy atom. The topological polar surface area (TPSA) is 78.0 Å². The standard InChI is InChI=1S/C21H43N5O2.HI/c1-16(2)13-26-11-9-10-17(14-26)12-23-18(22-8)24-15-21(6,7)25-19(27)28-20(3,4)5;/h16-17H,9-15H2,1-8H3,(H,25,27)(H2,22,23,24);1H. The predicted octanol–water partition coefficient (Wildman–Crippen LogP) is 3.44. The molecule has 0 radical (unpaired) electrons. The molecule has 3 N–H and O–H groups in total. The maximum atomic E-state index is 12.0. The number of hydrogen-bond acceptors (Lipinski definition) is 4. The van der Waals surface area contributed by atoms with Gasteiger partial charge in [0.15, 0.2) is 5.96 Å². The quantitative estimate of drug-likeness (QED) is 0.270. The lowest BCUT2D eigenvalue weighted by Gasteiger charge is -2.34. The van der Waals surface area contributed by atoms with E-state index in [-0.39, 0.29) is 24.0 Å². The summed E-state index contributed by atoms with van der Waals surface area (Å²) < 4.78 is 5.34. The van der Waals surface area contributed by atoms with Crippen molar-refractivity contribution in [3.8, 4) is 0 Å². The molecule has 0 aromatic heterocycles. The van der Waals surface area contributed by atoms with Crippen LogP contribution < -0.4 is 16.0 Å². The van der Waals surface area contributed by atoms with Crippen LogP contribution in [-0.2, 0) is 4.74 Å². The highest BCUT2D eigenvalue weighted by atomic mass is 127. The molecule has 1 heterocycles. The van der Waals surface area contributed by atoms with Gasteiger partial charge in [0.25, 0.3) is 0 Å². The summed E-state index contributed by atoms with van der Waals surface area (Å²) in [7, 11) is 1.77. The first-order valence-corrected chi connectivity index (χ1v) is 10.6. The third-order valence-electron chi connectivity index (χ3n) is 4.55. The Hall–Kier alpha value is -0.770. The average molecular weight is 526 g/mol. The molecule has 29 heavy (non-hydrogen) atoms. The Balaban J connectivity index is 0.00000784. The minimum absolute atomic E-state index is 0. The summed E-state index contributed by atoms with van der Waals surface area (Å²) in [6.45, 7) is 19.1. The normalized spacial score (nSPS) is 18.8. The number of hydrogen-bond donors (Lipinski definition) is 3. The van der Waals surface area contributed by atoms with Crippen LogP contribution in [0.3, 0.4) is 0 Å². The zero-order valence-corrected chi connectivity index (χ0v) is 22.1. The minimum atomic E-state index is -0.505. The van der Waals surface area contributed by atoms with Crippen LogP contribution in [0, 0.1) is 11.8 Å². The average Bonchev–Trinajstić information content (AvgIpc) is 2.52. The van der Waals surface area contributed by atoms with E-state index in [1.165, 1.54) is 25.9 Å². The Labute approximate surface area is 195 Å². The van der Waals surface area contributed by atoms with Gasteiger partial charge in [-0.1, -0.05) is 13.8 Å². The van der Waals surface area contributed by atoms with Gasteiger partial charge in [-0.2, -0.15) is 0 Å². The number of ether oxygens (including phenoxy) is 1. The fourth-order valence-electron chi connectivity index (χ4n) is 3.39. The van der Waals surface area contributed by atoms with Gasteiger partial charge < -0.3 is 25.6 Å². The highest BCUT2D eigenvalue weighted by Gasteiger charge is 2.25. The lowest BCUT2D eigenvalue weighted by molar-refractivity contribution is 0.0474. The first-order chi connectivity index (χ1) is 12.9. The number of carbonyl (C=O) groups excluding carboxylic acids is 1.